The molecule has 0 aromatic heterocycles. The molecular weight excluding hydrogens is 595 g/mol. The van der Waals surface area contributed by atoms with Gasteiger partial charge in [-0.15, -0.1) is 0 Å². The van der Waals surface area contributed by atoms with Gasteiger partial charge in [-0.1, -0.05) is 66.7 Å². The minimum Gasteiger partial charge on any atom is -0.444 e. The number of amides is 1. The highest BCUT2D eigenvalue weighted by molar-refractivity contribution is 5.69. The molecule has 5 nitrogen and oxygen atoms in total. The molecule has 0 saturated carbocycles. The summed E-state index contributed by atoms with van der Waals surface area (Å²) in [7, 11) is 0. The number of carbonyl (C=O) groups is 1. The summed E-state index contributed by atoms with van der Waals surface area (Å²) in [5, 5.41) is 9.89. The molecule has 44 heavy (non-hydrogen) atoms. The second-order valence-corrected chi connectivity index (χ2v) is 11.9. The molecule has 3 aromatic carbocycles. The molecule has 0 spiro atoms. The van der Waals surface area contributed by atoms with Crippen molar-refractivity contribution in [3.05, 3.63) is 107 Å². The van der Waals surface area contributed by atoms with Gasteiger partial charge in [-0.2, -0.15) is 26.3 Å². The molecule has 0 unspecified atom stereocenters. The van der Waals surface area contributed by atoms with Crippen molar-refractivity contribution in [1.29, 1.82) is 0 Å². The van der Waals surface area contributed by atoms with E-state index in [1.165, 1.54) is 29.2 Å². The zero-order chi connectivity index (χ0) is 32.6. The van der Waals surface area contributed by atoms with Crippen LogP contribution in [-0.4, -0.2) is 53.7 Å². The van der Waals surface area contributed by atoms with E-state index in [2.05, 4.69) is 0 Å². The Morgan fingerprint density at radius 1 is 0.886 bits per heavy atom. The summed E-state index contributed by atoms with van der Waals surface area (Å²) in [6, 6.07) is 17.9. The monoisotopic (exact) mass is 627 g/mol. The minimum absolute atomic E-state index is 0.0101. The third-order valence-corrected chi connectivity index (χ3v) is 7.64. The average molecular weight is 628 g/mol. The van der Waals surface area contributed by atoms with Crippen LogP contribution in [0.25, 0.3) is 0 Å². The lowest BCUT2D eigenvalue weighted by atomic mass is 9.70. The van der Waals surface area contributed by atoms with Crippen LogP contribution in [0.5, 0.6) is 0 Å². The predicted octanol–water partition coefficient (Wildman–Crippen LogP) is 7.63. The van der Waals surface area contributed by atoms with Gasteiger partial charge in [0.1, 0.15) is 11.4 Å². The fraction of sp³-hybridized carbons (Fsp3) is 0.406. The highest BCUT2D eigenvalue weighted by atomic mass is 19.4. The molecule has 1 fully saturated rings. The van der Waals surface area contributed by atoms with Crippen LogP contribution >= 0.6 is 0 Å². The first kappa shape index (κ1) is 33.3. The summed E-state index contributed by atoms with van der Waals surface area (Å²) >= 11 is 0. The van der Waals surface area contributed by atoms with Crippen LogP contribution in [0.2, 0.25) is 0 Å². The summed E-state index contributed by atoms with van der Waals surface area (Å²) in [5.74, 6) is -1.27. The van der Waals surface area contributed by atoms with Crippen LogP contribution in [0.4, 0.5) is 35.5 Å². The molecule has 2 atom stereocenters. The van der Waals surface area contributed by atoms with Crippen LogP contribution in [-0.2, 0) is 27.1 Å². The number of rotatable bonds is 7. The van der Waals surface area contributed by atoms with Crippen LogP contribution in [0.1, 0.15) is 48.9 Å². The molecule has 1 aliphatic rings. The number of carbonyl (C=O) groups excluding carboxylic acids is 1. The topological polar surface area (TPSA) is 59.0 Å². The van der Waals surface area contributed by atoms with Crippen molar-refractivity contribution in [3.8, 4) is 0 Å². The van der Waals surface area contributed by atoms with Gasteiger partial charge in [0.25, 0.3) is 5.60 Å². The Morgan fingerprint density at radius 3 is 1.98 bits per heavy atom. The Bertz CT molecular complexity index is 1400. The van der Waals surface area contributed by atoms with E-state index in [1.807, 2.05) is 30.3 Å². The van der Waals surface area contributed by atoms with Crippen LogP contribution < -0.4 is 0 Å². The summed E-state index contributed by atoms with van der Waals surface area (Å²) in [6.07, 6.45) is -12.8. The van der Waals surface area contributed by atoms with Gasteiger partial charge in [0.15, 0.2) is 0 Å². The Kier molecular flexibility index (Phi) is 9.10. The van der Waals surface area contributed by atoms with Crippen LogP contribution in [0, 0.1) is 5.82 Å². The number of halogens is 7. The van der Waals surface area contributed by atoms with Gasteiger partial charge in [0, 0.05) is 30.0 Å². The van der Waals surface area contributed by atoms with E-state index in [1.54, 1.807) is 20.8 Å². The van der Waals surface area contributed by atoms with Crippen molar-refractivity contribution < 1.29 is 50.1 Å². The maximum atomic E-state index is 14.0. The highest BCUT2D eigenvalue weighted by Gasteiger charge is 2.71. The largest absolute Gasteiger partial charge is 0.444 e. The van der Waals surface area contributed by atoms with E-state index < -0.39 is 52.4 Å². The first-order chi connectivity index (χ1) is 20.4. The second-order valence-electron chi connectivity index (χ2n) is 11.9. The molecule has 1 saturated heterocycles. The van der Waals surface area contributed by atoms with Gasteiger partial charge in [0.05, 0.1) is 13.2 Å². The zero-order valence-electron chi connectivity index (χ0n) is 24.2. The molecule has 1 N–H and O–H groups in total. The molecule has 1 heterocycles. The summed E-state index contributed by atoms with van der Waals surface area (Å²) in [6.45, 7) is 5.09. The molecule has 3 aromatic rings. The number of alkyl halides is 6. The maximum absolute atomic E-state index is 14.0. The van der Waals surface area contributed by atoms with Gasteiger partial charge in [-0.3, -0.25) is 0 Å². The molecule has 4 rings (SSSR count). The molecule has 0 aliphatic carbocycles. The lowest BCUT2D eigenvalue weighted by Gasteiger charge is -2.36. The molecule has 238 valence electrons. The molecule has 0 bridgehead atoms. The Balaban J connectivity index is 1.80. The fourth-order valence-electron chi connectivity index (χ4n) is 5.47. The lowest BCUT2D eigenvalue weighted by molar-refractivity contribution is -0.376. The lowest BCUT2D eigenvalue weighted by Crippen LogP contribution is -2.53. The molecule has 1 aliphatic heterocycles. The first-order valence-corrected chi connectivity index (χ1v) is 13.7. The molecule has 1 amide bonds. The summed E-state index contributed by atoms with van der Waals surface area (Å²) in [4.78, 5) is 14.6. The van der Waals surface area contributed by atoms with Gasteiger partial charge < -0.3 is 19.5 Å². The summed E-state index contributed by atoms with van der Waals surface area (Å²) in [5.41, 5.74) is -6.83. The number of hydrogen-bond acceptors (Lipinski definition) is 4. The number of hydrogen-bond donors (Lipinski definition) is 1. The van der Waals surface area contributed by atoms with E-state index in [0.29, 0.717) is 17.7 Å². The second kappa shape index (κ2) is 12.0. The van der Waals surface area contributed by atoms with E-state index in [4.69, 9.17) is 9.47 Å². The summed E-state index contributed by atoms with van der Waals surface area (Å²) < 4.78 is 107. The van der Waals surface area contributed by atoms with Crippen LogP contribution in [0.3, 0.4) is 0 Å². The van der Waals surface area contributed by atoms with E-state index in [0.717, 1.165) is 17.7 Å². The highest BCUT2D eigenvalue weighted by Crippen LogP contribution is 2.51. The van der Waals surface area contributed by atoms with Crippen molar-refractivity contribution in [3.63, 3.8) is 0 Å². The van der Waals surface area contributed by atoms with E-state index in [-0.39, 0.29) is 31.9 Å². The SMILES string of the molecule is CC(C)(C)OC(=O)N1C[C@@H](c2ccc(C(O)(C(F)(F)F)C(F)(F)F)cc2)[C@](COCc2ccccc2)(c2ccc(F)cc2)C1. The standard InChI is InChI=1S/C32H32F7NO4/c1-28(2,3)44-27(41)40-17-26(22-9-11-24(12-10-22)30(42,31(34,35)36)32(37,38)39)29(19-40,23-13-15-25(33)16-14-23)20-43-18-21-7-5-4-6-8-21/h4-16,26,42H,17-20H2,1-3H3/t26-,29+/m0/s1. The van der Waals surface area contributed by atoms with Gasteiger partial charge in [-0.05, 0) is 49.6 Å². The predicted molar refractivity (Wildman–Crippen MR) is 147 cm³/mol. The third-order valence-electron chi connectivity index (χ3n) is 7.64. The first-order valence-electron chi connectivity index (χ1n) is 13.7. The van der Waals surface area contributed by atoms with Gasteiger partial charge in [-0.25, -0.2) is 9.18 Å². The number of aliphatic hydroxyl groups is 1. The number of nitrogens with zero attached hydrogens (tertiary/aromatic N) is 1. The van der Waals surface area contributed by atoms with Gasteiger partial charge in [0.2, 0.25) is 0 Å². The van der Waals surface area contributed by atoms with Crippen molar-refractivity contribution in [2.24, 2.45) is 0 Å². The fourth-order valence-corrected chi connectivity index (χ4v) is 5.47. The molecule has 0 radical (unpaired) electrons. The van der Waals surface area contributed by atoms with Crippen molar-refractivity contribution in [2.45, 2.75) is 62.3 Å². The van der Waals surface area contributed by atoms with Gasteiger partial charge >= 0.3 is 18.4 Å². The Labute approximate surface area is 250 Å². The number of likely N-dealkylation sites (tertiary alicyclic amines) is 1. The van der Waals surface area contributed by atoms with Crippen molar-refractivity contribution in [2.75, 3.05) is 19.7 Å². The minimum atomic E-state index is -6.04. The Morgan fingerprint density at radius 2 is 1.45 bits per heavy atom. The van der Waals surface area contributed by atoms with Crippen molar-refractivity contribution >= 4 is 6.09 Å². The van der Waals surface area contributed by atoms with Crippen LogP contribution in [0.15, 0.2) is 78.9 Å². The quantitative estimate of drug-likeness (QED) is 0.274. The smallest absolute Gasteiger partial charge is 0.430 e. The third kappa shape index (κ3) is 6.71. The van der Waals surface area contributed by atoms with Crippen molar-refractivity contribution in [1.82, 2.24) is 4.90 Å². The molecule has 12 heteroatoms. The number of benzene rings is 3. The molecular formula is C32H32F7NO4. The Hall–Kier alpha value is -3.64. The zero-order valence-corrected chi connectivity index (χ0v) is 24.2. The maximum Gasteiger partial charge on any atom is 0.430 e. The van der Waals surface area contributed by atoms with E-state index >= 15 is 0 Å². The normalized spacial score (nSPS) is 19.7. The van der Waals surface area contributed by atoms with E-state index in [9.17, 15) is 40.6 Å². The number of ether oxygens (including phenoxy) is 2. The average Bonchev–Trinajstić information content (AvgIpc) is 3.32.